The fourth-order valence-electron chi connectivity index (χ4n) is 3.34. The minimum atomic E-state index is 0.381. The zero-order chi connectivity index (χ0) is 13.0. The first kappa shape index (κ1) is 14.2. The van der Waals surface area contributed by atoms with Crippen LogP contribution in [0.2, 0.25) is 0 Å². The van der Waals surface area contributed by atoms with Crippen molar-refractivity contribution in [3.63, 3.8) is 0 Å². The largest absolute Gasteiger partial charge is 0.359 e. The summed E-state index contributed by atoms with van der Waals surface area (Å²) < 4.78 is 0. The molecule has 3 atom stereocenters. The van der Waals surface area contributed by atoms with Crippen LogP contribution >= 0.6 is 11.8 Å². The Morgan fingerprint density at radius 3 is 3.00 bits per heavy atom. The predicted molar refractivity (Wildman–Crippen MR) is 82.4 cm³/mol. The minimum absolute atomic E-state index is 0.381. The molecule has 1 N–H and O–H groups in total. The number of nitrogens with one attached hydrogen (secondary N) is 1. The molecule has 1 saturated heterocycles. The highest BCUT2D eigenvalue weighted by Gasteiger charge is 2.40. The van der Waals surface area contributed by atoms with Gasteiger partial charge >= 0.3 is 0 Å². The predicted octanol–water partition coefficient (Wildman–Crippen LogP) is 4.21. The van der Waals surface area contributed by atoms with Crippen LogP contribution < -0.4 is 5.32 Å². The summed E-state index contributed by atoms with van der Waals surface area (Å²) in [7, 11) is 0. The first-order chi connectivity index (χ1) is 8.67. The average molecular weight is 268 g/mol. The molecule has 18 heavy (non-hydrogen) atoms. The molecule has 3 unspecified atom stereocenters. The molecule has 104 valence electrons. The van der Waals surface area contributed by atoms with Crippen molar-refractivity contribution in [2.24, 2.45) is 10.9 Å². The second kappa shape index (κ2) is 6.31. The molecule has 1 spiro atoms. The van der Waals surface area contributed by atoms with Gasteiger partial charge in [-0.05, 0) is 31.6 Å². The van der Waals surface area contributed by atoms with E-state index < -0.39 is 0 Å². The van der Waals surface area contributed by atoms with Crippen molar-refractivity contribution in [1.29, 1.82) is 0 Å². The Morgan fingerprint density at radius 1 is 1.50 bits per heavy atom. The fraction of sp³-hybridized carbons (Fsp3) is 0.933. The van der Waals surface area contributed by atoms with Gasteiger partial charge in [-0.25, -0.2) is 0 Å². The van der Waals surface area contributed by atoms with Crippen LogP contribution in [0.3, 0.4) is 0 Å². The summed E-state index contributed by atoms with van der Waals surface area (Å²) in [6.07, 6.45) is 9.11. The van der Waals surface area contributed by atoms with Crippen molar-refractivity contribution in [1.82, 2.24) is 5.32 Å². The summed E-state index contributed by atoms with van der Waals surface area (Å²) in [5.41, 5.74) is 0.381. The average Bonchev–Trinajstić information content (AvgIpc) is 2.71. The van der Waals surface area contributed by atoms with Crippen LogP contribution in [0.4, 0.5) is 0 Å². The number of hydrogen-bond acceptors (Lipinski definition) is 2. The molecule has 2 fully saturated rings. The lowest BCUT2D eigenvalue weighted by Gasteiger charge is -2.36. The Morgan fingerprint density at radius 2 is 2.33 bits per heavy atom. The van der Waals surface area contributed by atoms with Crippen molar-refractivity contribution >= 4 is 16.9 Å². The lowest BCUT2D eigenvalue weighted by Crippen LogP contribution is -2.47. The van der Waals surface area contributed by atoms with Gasteiger partial charge in [0.25, 0.3) is 0 Å². The van der Waals surface area contributed by atoms with E-state index in [0.29, 0.717) is 11.6 Å². The molecule has 2 aliphatic rings. The van der Waals surface area contributed by atoms with Crippen LogP contribution in [0.5, 0.6) is 0 Å². The minimum Gasteiger partial charge on any atom is -0.359 e. The Labute approximate surface area is 116 Å². The Kier molecular flexibility index (Phi) is 4.99. The Balaban J connectivity index is 1.96. The van der Waals surface area contributed by atoms with Crippen LogP contribution in [0.1, 0.15) is 65.7 Å². The highest BCUT2D eigenvalue weighted by Crippen LogP contribution is 2.38. The first-order valence-corrected chi connectivity index (χ1v) is 8.65. The molecule has 0 aromatic rings. The summed E-state index contributed by atoms with van der Waals surface area (Å²) in [5.74, 6) is 2.11. The topological polar surface area (TPSA) is 24.4 Å². The number of thioether (sulfide) groups is 1. The molecule has 1 aliphatic carbocycles. The summed E-state index contributed by atoms with van der Waals surface area (Å²) in [4.78, 5) is 4.93. The first-order valence-electron chi connectivity index (χ1n) is 7.66. The van der Waals surface area contributed by atoms with E-state index in [9.17, 15) is 0 Å². The quantitative estimate of drug-likeness (QED) is 0.826. The molecule has 2 nitrogen and oxygen atoms in total. The van der Waals surface area contributed by atoms with Gasteiger partial charge in [0.1, 0.15) is 0 Å². The molecular formula is C15H28N2S. The van der Waals surface area contributed by atoms with Crippen molar-refractivity contribution < 1.29 is 0 Å². The van der Waals surface area contributed by atoms with Crippen LogP contribution in [0.25, 0.3) is 0 Å². The number of amidine groups is 1. The second-order valence-electron chi connectivity index (χ2n) is 6.18. The van der Waals surface area contributed by atoms with E-state index in [-0.39, 0.29) is 0 Å². The van der Waals surface area contributed by atoms with E-state index in [1.165, 1.54) is 55.9 Å². The zero-order valence-electron chi connectivity index (χ0n) is 12.2. The standard InChI is InChI=1S/C15H28N2S/c1-4-7-13(5-2)16-14-17-15(11-18-14)9-6-8-12(3)10-15/h12-13H,4-11H2,1-3H3,(H,16,17). The maximum Gasteiger partial charge on any atom is 0.157 e. The number of aliphatic imine (C=N–C) groups is 1. The third kappa shape index (κ3) is 3.43. The summed E-state index contributed by atoms with van der Waals surface area (Å²) >= 11 is 1.96. The Hall–Kier alpha value is -0.180. The molecular weight excluding hydrogens is 240 g/mol. The lowest BCUT2D eigenvalue weighted by atomic mass is 9.78. The lowest BCUT2D eigenvalue weighted by molar-refractivity contribution is 0.242. The highest BCUT2D eigenvalue weighted by molar-refractivity contribution is 8.14. The summed E-state index contributed by atoms with van der Waals surface area (Å²) in [5, 5.41) is 5.00. The van der Waals surface area contributed by atoms with Crippen molar-refractivity contribution in [3.8, 4) is 0 Å². The van der Waals surface area contributed by atoms with E-state index in [1.54, 1.807) is 0 Å². The van der Waals surface area contributed by atoms with E-state index in [4.69, 9.17) is 4.99 Å². The maximum atomic E-state index is 4.93. The Bertz CT molecular complexity index is 303. The van der Waals surface area contributed by atoms with Crippen LogP contribution in [0.15, 0.2) is 4.99 Å². The van der Waals surface area contributed by atoms with Gasteiger partial charge in [-0.1, -0.05) is 51.8 Å². The van der Waals surface area contributed by atoms with E-state index in [0.717, 1.165) is 5.92 Å². The van der Waals surface area contributed by atoms with Gasteiger partial charge in [-0.2, -0.15) is 0 Å². The molecule has 1 saturated carbocycles. The van der Waals surface area contributed by atoms with E-state index in [1.807, 2.05) is 11.8 Å². The van der Waals surface area contributed by atoms with Gasteiger partial charge in [0.05, 0.1) is 6.04 Å². The third-order valence-corrected chi connectivity index (χ3v) is 5.52. The van der Waals surface area contributed by atoms with Gasteiger partial charge in [0.15, 0.2) is 5.17 Å². The van der Waals surface area contributed by atoms with Gasteiger partial charge < -0.3 is 5.32 Å². The van der Waals surface area contributed by atoms with Gasteiger partial charge in [-0.3, -0.25) is 4.99 Å². The number of hydrogen-bond donors (Lipinski definition) is 1. The molecule has 0 aromatic carbocycles. The SMILES string of the molecule is CCCC(CC)N=C1NC2(CCCC(C)C2)CS1. The highest BCUT2D eigenvalue weighted by atomic mass is 32.2. The third-order valence-electron chi connectivity index (χ3n) is 4.34. The molecule has 3 heteroatoms. The molecule has 0 amide bonds. The summed E-state index contributed by atoms with van der Waals surface area (Å²) in [6.45, 7) is 6.90. The molecule has 1 aliphatic heterocycles. The second-order valence-corrected chi connectivity index (χ2v) is 7.14. The van der Waals surface area contributed by atoms with Crippen LogP contribution in [0, 0.1) is 5.92 Å². The van der Waals surface area contributed by atoms with Crippen LogP contribution in [-0.2, 0) is 0 Å². The molecule has 2 rings (SSSR count). The van der Waals surface area contributed by atoms with Crippen molar-refractivity contribution in [3.05, 3.63) is 0 Å². The van der Waals surface area contributed by atoms with Gasteiger partial charge in [0.2, 0.25) is 0 Å². The normalized spacial score (nSPS) is 35.9. The monoisotopic (exact) mass is 268 g/mol. The van der Waals surface area contributed by atoms with Gasteiger partial charge in [-0.15, -0.1) is 0 Å². The van der Waals surface area contributed by atoms with Crippen LogP contribution in [-0.4, -0.2) is 22.5 Å². The zero-order valence-corrected chi connectivity index (χ0v) is 13.0. The summed E-state index contributed by atoms with van der Waals surface area (Å²) in [6, 6.07) is 0.529. The molecule has 0 radical (unpaired) electrons. The molecule has 1 heterocycles. The molecule has 0 aromatic heterocycles. The van der Waals surface area contributed by atoms with Crippen molar-refractivity contribution in [2.75, 3.05) is 5.75 Å². The number of nitrogens with zero attached hydrogens (tertiary/aromatic N) is 1. The number of rotatable bonds is 4. The fourth-order valence-corrected chi connectivity index (χ4v) is 4.60. The smallest absolute Gasteiger partial charge is 0.157 e. The van der Waals surface area contributed by atoms with E-state index >= 15 is 0 Å². The van der Waals surface area contributed by atoms with Gasteiger partial charge in [0, 0.05) is 11.3 Å². The van der Waals surface area contributed by atoms with Crippen molar-refractivity contribution in [2.45, 2.75) is 77.3 Å². The molecule has 0 bridgehead atoms. The maximum absolute atomic E-state index is 4.93. The van der Waals surface area contributed by atoms with E-state index in [2.05, 4.69) is 26.1 Å².